The van der Waals surface area contributed by atoms with Crippen molar-refractivity contribution in [2.75, 3.05) is 17.2 Å². The van der Waals surface area contributed by atoms with E-state index in [1.807, 2.05) is 13.0 Å². The minimum absolute atomic E-state index is 0.833. The lowest BCUT2D eigenvalue weighted by molar-refractivity contribution is 0.960. The van der Waals surface area contributed by atoms with Crippen LogP contribution in [-0.4, -0.2) is 16.5 Å². The van der Waals surface area contributed by atoms with Crippen molar-refractivity contribution in [2.45, 2.75) is 27.2 Å². The van der Waals surface area contributed by atoms with Crippen LogP contribution >= 0.6 is 15.9 Å². The summed E-state index contributed by atoms with van der Waals surface area (Å²) < 4.78 is 1.04. The van der Waals surface area contributed by atoms with E-state index in [1.165, 1.54) is 5.56 Å². The molecule has 1 aromatic carbocycles. The van der Waals surface area contributed by atoms with Gasteiger partial charge in [-0.2, -0.15) is 0 Å². The predicted octanol–water partition coefficient (Wildman–Crippen LogP) is 4.42. The molecule has 1 aromatic heterocycles. The van der Waals surface area contributed by atoms with E-state index in [4.69, 9.17) is 0 Å². The standard InChI is InChI=1S/C15H19BrN4/c1-4-7-17-14-11(3)15(19-9-18-14)20-13-8-12(16)6-5-10(13)2/h5-6,8-9H,4,7H2,1-3H3,(H2,17,18,19,20). The van der Waals surface area contributed by atoms with Crippen LogP contribution in [-0.2, 0) is 0 Å². The molecular formula is C15H19BrN4. The first-order chi connectivity index (χ1) is 9.61. The molecule has 4 nitrogen and oxygen atoms in total. The van der Waals surface area contributed by atoms with Gasteiger partial charge in [0.15, 0.2) is 0 Å². The van der Waals surface area contributed by atoms with Crippen LogP contribution in [0.3, 0.4) is 0 Å². The summed E-state index contributed by atoms with van der Waals surface area (Å²) in [5.41, 5.74) is 3.25. The number of halogens is 1. The van der Waals surface area contributed by atoms with Crippen molar-refractivity contribution in [3.63, 3.8) is 0 Å². The smallest absolute Gasteiger partial charge is 0.138 e. The molecule has 0 fully saturated rings. The van der Waals surface area contributed by atoms with E-state index in [-0.39, 0.29) is 0 Å². The molecule has 2 aromatic rings. The first kappa shape index (κ1) is 14.8. The summed E-state index contributed by atoms with van der Waals surface area (Å²) in [7, 11) is 0. The highest BCUT2D eigenvalue weighted by atomic mass is 79.9. The number of aryl methyl sites for hydroxylation is 1. The van der Waals surface area contributed by atoms with Gasteiger partial charge < -0.3 is 10.6 Å². The summed E-state index contributed by atoms with van der Waals surface area (Å²) in [6.45, 7) is 7.13. The molecule has 20 heavy (non-hydrogen) atoms. The Kier molecular flexibility index (Phi) is 4.95. The summed E-state index contributed by atoms with van der Waals surface area (Å²) in [6.07, 6.45) is 2.65. The molecule has 0 bridgehead atoms. The Balaban J connectivity index is 2.27. The molecule has 0 spiro atoms. The monoisotopic (exact) mass is 334 g/mol. The number of aromatic nitrogens is 2. The van der Waals surface area contributed by atoms with Crippen molar-refractivity contribution in [3.8, 4) is 0 Å². The number of nitrogens with one attached hydrogen (secondary N) is 2. The van der Waals surface area contributed by atoms with E-state index in [2.05, 4.69) is 62.5 Å². The van der Waals surface area contributed by atoms with Crippen LogP contribution in [0.1, 0.15) is 24.5 Å². The SMILES string of the molecule is CCCNc1ncnc(Nc2cc(Br)ccc2C)c1C. The Morgan fingerprint density at radius 1 is 1.15 bits per heavy atom. The van der Waals surface area contributed by atoms with Crippen LogP contribution in [0.15, 0.2) is 29.0 Å². The Morgan fingerprint density at radius 2 is 1.90 bits per heavy atom. The van der Waals surface area contributed by atoms with Crippen molar-refractivity contribution >= 4 is 33.3 Å². The maximum absolute atomic E-state index is 4.34. The highest BCUT2D eigenvalue weighted by molar-refractivity contribution is 9.10. The molecule has 0 saturated carbocycles. The average Bonchev–Trinajstić information content (AvgIpc) is 2.44. The van der Waals surface area contributed by atoms with E-state index >= 15 is 0 Å². The van der Waals surface area contributed by atoms with E-state index in [0.29, 0.717) is 0 Å². The van der Waals surface area contributed by atoms with Gasteiger partial charge in [-0.3, -0.25) is 0 Å². The molecular weight excluding hydrogens is 316 g/mol. The zero-order chi connectivity index (χ0) is 14.5. The van der Waals surface area contributed by atoms with Gasteiger partial charge in [0.25, 0.3) is 0 Å². The zero-order valence-corrected chi connectivity index (χ0v) is 13.6. The molecule has 5 heteroatoms. The second kappa shape index (κ2) is 6.70. The quantitative estimate of drug-likeness (QED) is 0.849. The largest absolute Gasteiger partial charge is 0.370 e. The van der Waals surface area contributed by atoms with Crippen molar-refractivity contribution in [3.05, 3.63) is 40.1 Å². The van der Waals surface area contributed by atoms with E-state index in [9.17, 15) is 0 Å². The average molecular weight is 335 g/mol. The topological polar surface area (TPSA) is 49.8 Å². The Morgan fingerprint density at radius 3 is 2.65 bits per heavy atom. The lowest BCUT2D eigenvalue weighted by Gasteiger charge is -2.14. The van der Waals surface area contributed by atoms with Gasteiger partial charge in [-0.05, 0) is 38.0 Å². The van der Waals surface area contributed by atoms with E-state index in [1.54, 1.807) is 6.33 Å². The molecule has 0 unspecified atom stereocenters. The minimum atomic E-state index is 0.833. The number of rotatable bonds is 5. The van der Waals surface area contributed by atoms with Crippen LogP contribution in [0, 0.1) is 13.8 Å². The normalized spacial score (nSPS) is 10.4. The van der Waals surface area contributed by atoms with Gasteiger partial charge in [-0.15, -0.1) is 0 Å². The molecule has 0 aliphatic rings. The van der Waals surface area contributed by atoms with Gasteiger partial charge >= 0.3 is 0 Å². The lowest BCUT2D eigenvalue weighted by atomic mass is 10.2. The second-order valence-corrected chi connectivity index (χ2v) is 5.62. The molecule has 2 rings (SSSR count). The molecule has 0 radical (unpaired) electrons. The van der Waals surface area contributed by atoms with Crippen LogP contribution in [0.25, 0.3) is 0 Å². The van der Waals surface area contributed by atoms with Gasteiger partial charge in [0.2, 0.25) is 0 Å². The van der Waals surface area contributed by atoms with E-state index in [0.717, 1.165) is 40.3 Å². The fourth-order valence-electron chi connectivity index (χ4n) is 1.85. The Hall–Kier alpha value is -1.62. The van der Waals surface area contributed by atoms with Crippen LogP contribution in [0.4, 0.5) is 17.3 Å². The fraction of sp³-hybridized carbons (Fsp3) is 0.333. The number of hydrogen-bond donors (Lipinski definition) is 2. The maximum Gasteiger partial charge on any atom is 0.138 e. The predicted molar refractivity (Wildman–Crippen MR) is 87.7 cm³/mol. The Labute approximate surface area is 128 Å². The highest BCUT2D eigenvalue weighted by Crippen LogP contribution is 2.26. The zero-order valence-electron chi connectivity index (χ0n) is 12.0. The minimum Gasteiger partial charge on any atom is -0.370 e. The molecule has 0 saturated heterocycles. The van der Waals surface area contributed by atoms with Crippen molar-refractivity contribution in [1.82, 2.24) is 9.97 Å². The summed E-state index contributed by atoms with van der Waals surface area (Å²) in [4.78, 5) is 8.62. The summed E-state index contributed by atoms with van der Waals surface area (Å²) >= 11 is 3.49. The molecule has 0 atom stereocenters. The summed E-state index contributed by atoms with van der Waals surface area (Å²) in [5, 5.41) is 6.69. The molecule has 106 valence electrons. The molecule has 2 N–H and O–H groups in total. The van der Waals surface area contributed by atoms with Gasteiger partial charge in [0.05, 0.1) is 0 Å². The lowest BCUT2D eigenvalue weighted by Crippen LogP contribution is -2.07. The molecule has 1 heterocycles. The fourth-order valence-corrected chi connectivity index (χ4v) is 2.22. The number of benzene rings is 1. The second-order valence-electron chi connectivity index (χ2n) is 4.71. The number of nitrogens with zero attached hydrogens (tertiary/aromatic N) is 2. The van der Waals surface area contributed by atoms with Crippen LogP contribution < -0.4 is 10.6 Å². The summed E-state index contributed by atoms with van der Waals surface area (Å²) in [5.74, 6) is 1.72. The number of hydrogen-bond acceptors (Lipinski definition) is 4. The van der Waals surface area contributed by atoms with E-state index < -0.39 is 0 Å². The molecule has 0 aliphatic carbocycles. The molecule has 0 aliphatic heterocycles. The van der Waals surface area contributed by atoms with Gasteiger partial charge in [0, 0.05) is 22.3 Å². The van der Waals surface area contributed by atoms with Gasteiger partial charge in [-0.1, -0.05) is 28.9 Å². The number of anilines is 3. The van der Waals surface area contributed by atoms with Crippen LogP contribution in [0.5, 0.6) is 0 Å². The first-order valence-corrected chi connectivity index (χ1v) is 7.49. The van der Waals surface area contributed by atoms with Crippen LogP contribution in [0.2, 0.25) is 0 Å². The van der Waals surface area contributed by atoms with Crippen molar-refractivity contribution in [1.29, 1.82) is 0 Å². The first-order valence-electron chi connectivity index (χ1n) is 6.70. The molecule has 0 amide bonds. The van der Waals surface area contributed by atoms with Gasteiger partial charge in [-0.25, -0.2) is 9.97 Å². The van der Waals surface area contributed by atoms with Crippen molar-refractivity contribution < 1.29 is 0 Å². The van der Waals surface area contributed by atoms with Gasteiger partial charge in [0.1, 0.15) is 18.0 Å². The maximum atomic E-state index is 4.34. The third-order valence-corrected chi connectivity index (χ3v) is 3.57. The highest BCUT2D eigenvalue weighted by Gasteiger charge is 2.08. The third-order valence-electron chi connectivity index (χ3n) is 3.08. The Bertz CT molecular complexity index is 598. The third kappa shape index (κ3) is 3.48. The summed E-state index contributed by atoms with van der Waals surface area (Å²) in [6, 6.07) is 6.15. The van der Waals surface area contributed by atoms with Crippen molar-refractivity contribution in [2.24, 2.45) is 0 Å².